The van der Waals surface area contributed by atoms with Crippen molar-refractivity contribution in [1.82, 2.24) is 13.7 Å². The number of rotatable bonds is 3. The van der Waals surface area contributed by atoms with Crippen LogP contribution in [0.4, 0.5) is 0 Å². The fraction of sp³-hybridized carbons (Fsp3) is 0.286. The van der Waals surface area contributed by atoms with Crippen LogP contribution in [0.2, 0.25) is 5.15 Å². The third-order valence-electron chi connectivity index (χ3n) is 1.35. The predicted octanol–water partition coefficient (Wildman–Crippen LogP) is 2.66. The molecule has 0 atom stereocenters. The van der Waals surface area contributed by atoms with Crippen molar-refractivity contribution in [2.45, 2.75) is 0 Å². The van der Waals surface area contributed by atoms with Crippen molar-refractivity contribution in [3.63, 3.8) is 0 Å². The quantitative estimate of drug-likeness (QED) is 0.617. The Hall–Kier alpha value is -0.0400. The van der Waals surface area contributed by atoms with E-state index in [1.54, 1.807) is 6.20 Å². The normalized spacial score (nSPS) is 9.93. The summed E-state index contributed by atoms with van der Waals surface area (Å²) < 4.78 is 1.85. The topological polar surface area (TPSA) is 29.0 Å². The van der Waals surface area contributed by atoms with E-state index in [1.165, 1.54) is 30.1 Å². The highest BCUT2D eigenvalue weighted by Crippen LogP contribution is 2.22. The summed E-state index contributed by atoms with van der Waals surface area (Å²) in [5.41, 5.74) is 0.549. The summed E-state index contributed by atoms with van der Waals surface area (Å²) >= 11 is 14.1. The standard InChI is InChI=1S/C7H8ClN3S3/c1-13-11(14-2)7(12)5-6(8)10-4-3-9-5/h3-4H,1-2H3. The second kappa shape index (κ2) is 5.75. The Morgan fingerprint density at radius 1 is 1.36 bits per heavy atom. The van der Waals surface area contributed by atoms with Crippen molar-refractivity contribution in [2.24, 2.45) is 0 Å². The minimum Gasteiger partial charge on any atom is -0.249 e. The van der Waals surface area contributed by atoms with Crippen LogP contribution in [-0.4, -0.2) is 31.2 Å². The van der Waals surface area contributed by atoms with Crippen molar-refractivity contribution in [3.05, 3.63) is 23.2 Å². The fourth-order valence-corrected chi connectivity index (χ4v) is 2.74. The molecule has 0 N–H and O–H groups in total. The van der Waals surface area contributed by atoms with Crippen molar-refractivity contribution in [1.29, 1.82) is 0 Å². The highest BCUT2D eigenvalue weighted by atomic mass is 35.5. The van der Waals surface area contributed by atoms with Crippen LogP contribution in [0.25, 0.3) is 0 Å². The molecule has 7 heteroatoms. The zero-order valence-electron chi connectivity index (χ0n) is 7.60. The van der Waals surface area contributed by atoms with Crippen LogP contribution < -0.4 is 0 Å². The molecule has 3 nitrogen and oxygen atoms in total. The molecule has 0 aliphatic rings. The first-order chi connectivity index (χ1) is 6.70. The van der Waals surface area contributed by atoms with E-state index in [1.807, 2.05) is 16.2 Å². The van der Waals surface area contributed by atoms with Gasteiger partial charge in [-0.3, -0.25) is 0 Å². The van der Waals surface area contributed by atoms with E-state index in [-0.39, 0.29) is 0 Å². The molecule has 0 aromatic carbocycles. The minimum atomic E-state index is 0.339. The van der Waals surface area contributed by atoms with E-state index in [0.717, 1.165) is 0 Å². The Balaban J connectivity index is 2.94. The third kappa shape index (κ3) is 2.73. The van der Waals surface area contributed by atoms with Gasteiger partial charge < -0.3 is 0 Å². The second-order valence-electron chi connectivity index (χ2n) is 2.12. The first kappa shape index (κ1) is 12.0. The predicted molar refractivity (Wildman–Crippen MR) is 67.6 cm³/mol. The summed E-state index contributed by atoms with van der Waals surface area (Å²) in [6.07, 6.45) is 6.99. The molecular weight excluding hydrogens is 258 g/mol. The van der Waals surface area contributed by atoms with Gasteiger partial charge in [-0.25, -0.2) is 13.7 Å². The van der Waals surface area contributed by atoms with Gasteiger partial charge in [-0.15, -0.1) is 0 Å². The van der Waals surface area contributed by atoms with Gasteiger partial charge in [0.15, 0.2) is 10.1 Å². The molecule has 0 aliphatic heterocycles. The van der Waals surface area contributed by atoms with Crippen LogP contribution in [0, 0.1) is 0 Å². The SMILES string of the molecule is CSN(SC)C(=S)c1nccnc1Cl. The summed E-state index contributed by atoms with van der Waals surface area (Å²) in [4.78, 5) is 8.60. The molecule has 0 saturated heterocycles. The van der Waals surface area contributed by atoms with E-state index < -0.39 is 0 Å². The molecule has 0 bridgehead atoms. The summed E-state index contributed by atoms with van der Waals surface area (Å²) in [6.45, 7) is 0. The smallest absolute Gasteiger partial charge is 0.157 e. The van der Waals surface area contributed by atoms with Crippen LogP contribution in [0.1, 0.15) is 5.69 Å². The molecule has 1 aromatic rings. The van der Waals surface area contributed by atoms with Crippen molar-refractivity contribution >= 4 is 52.7 Å². The highest BCUT2D eigenvalue weighted by Gasteiger charge is 2.14. The van der Waals surface area contributed by atoms with Gasteiger partial charge in [-0.2, -0.15) is 0 Å². The van der Waals surface area contributed by atoms with Gasteiger partial charge in [0.1, 0.15) is 5.69 Å². The number of thiocarbonyl (C=S) groups is 1. The van der Waals surface area contributed by atoms with E-state index in [9.17, 15) is 0 Å². The number of hydrogen-bond donors (Lipinski definition) is 0. The second-order valence-corrected chi connectivity index (χ2v) is 4.56. The average Bonchev–Trinajstić information content (AvgIpc) is 2.20. The van der Waals surface area contributed by atoms with E-state index >= 15 is 0 Å². The Kier molecular flexibility index (Phi) is 4.94. The third-order valence-corrected chi connectivity index (χ3v) is 4.16. The molecule has 1 heterocycles. The van der Waals surface area contributed by atoms with E-state index in [2.05, 4.69) is 9.97 Å². The van der Waals surface area contributed by atoms with E-state index in [0.29, 0.717) is 15.8 Å². The molecule has 1 aromatic heterocycles. The van der Waals surface area contributed by atoms with Gasteiger partial charge in [0.05, 0.1) is 0 Å². The number of aromatic nitrogens is 2. The van der Waals surface area contributed by atoms with Gasteiger partial charge in [-0.05, 0) is 23.9 Å². The number of hydrogen-bond acceptors (Lipinski definition) is 5. The van der Waals surface area contributed by atoms with Crippen LogP contribution in [0.15, 0.2) is 12.4 Å². The Labute approximate surface area is 102 Å². The molecule has 0 radical (unpaired) electrons. The monoisotopic (exact) mass is 265 g/mol. The molecule has 0 amide bonds. The van der Waals surface area contributed by atoms with Crippen molar-refractivity contribution < 1.29 is 0 Å². The van der Waals surface area contributed by atoms with Crippen LogP contribution >= 0.6 is 47.7 Å². The lowest BCUT2D eigenvalue weighted by Gasteiger charge is -2.17. The molecule has 0 spiro atoms. The van der Waals surface area contributed by atoms with Crippen molar-refractivity contribution in [3.8, 4) is 0 Å². The minimum absolute atomic E-state index is 0.339. The lowest BCUT2D eigenvalue weighted by molar-refractivity contribution is 1.11. The molecule has 0 aliphatic carbocycles. The largest absolute Gasteiger partial charge is 0.249 e. The maximum atomic E-state index is 5.87. The van der Waals surface area contributed by atoms with Crippen LogP contribution in [0.3, 0.4) is 0 Å². The van der Waals surface area contributed by atoms with Gasteiger partial charge in [-0.1, -0.05) is 23.8 Å². The summed E-state index contributed by atoms with van der Waals surface area (Å²) in [5.74, 6) is 0. The molecule has 76 valence electrons. The Bertz CT molecular complexity index is 330. The highest BCUT2D eigenvalue weighted by molar-refractivity contribution is 8.13. The summed E-state index contributed by atoms with van der Waals surface area (Å²) in [6, 6.07) is 0. The first-order valence-corrected chi connectivity index (χ1v) is 6.74. The molecular formula is C7H8ClN3S3. The zero-order valence-corrected chi connectivity index (χ0v) is 10.8. The molecule has 0 fully saturated rings. The zero-order chi connectivity index (χ0) is 10.6. The maximum absolute atomic E-state index is 5.87. The Morgan fingerprint density at radius 2 is 1.93 bits per heavy atom. The van der Waals surface area contributed by atoms with Gasteiger partial charge in [0, 0.05) is 24.9 Å². The molecule has 1 rings (SSSR count). The van der Waals surface area contributed by atoms with E-state index in [4.69, 9.17) is 23.8 Å². The van der Waals surface area contributed by atoms with Gasteiger partial charge >= 0.3 is 0 Å². The maximum Gasteiger partial charge on any atom is 0.157 e. The lowest BCUT2D eigenvalue weighted by atomic mass is 10.4. The molecule has 0 unspecified atom stereocenters. The summed E-state index contributed by atoms with van der Waals surface area (Å²) in [7, 11) is 0. The van der Waals surface area contributed by atoms with Gasteiger partial charge in [0.2, 0.25) is 0 Å². The first-order valence-electron chi connectivity index (χ1n) is 3.60. The van der Waals surface area contributed by atoms with Crippen LogP contribution in [0.5, 0.6) is 0 Å². The number of nitrogens with zero attached hydrogens (tertiary/aromatic N) is 3. The molecule has 14 heavy (non-hydrogen) atoms. The molecule has 0 saturated carbocycles. The van der Waals surface area contributed by atoms with Crippen LogP contribution in [-0.2, 0) is 0 Å². The lowest BCUT2D eigenvalue weighted by Crippen LogP contribution is -2.17. The number of halogens is 1. The fourth-order valence-electron chi connectivity index (χ4n) is 0.791. The Morgan fingerprint density at radius 3 is 2.43 bits per heavy atom. The average molecular weight is 266 g/mol. The van der Waals surface area contributed by atoms with Gasteiger partial charge in [0.25, 0.3) is 0 Å². The summed E-state index contributed by atoms with van der Waals surface area (Å²) in [5, 5.41) is 0.339. The van der Waals surface area contributed by atoms with Crippen molar-refractivity contribution in [2.75, 3.05) is 12.5 Å².